The van der Waals surface area contributed by atoms with E-state index in [9.17, 15) is 0 Å². The summed E-state index contributed by atoms with van der Waals surface area (Å²) in [5.41, 5.74) is 1.19. The highest BCUT2D eigenvalue weighted by molar-refractivity contribution is 9.11. The van der Waals surface area contributed by atoms with Gasteiger partial charge in [-0.2, -0.15) is 0 Å². The maximum Gasteiger partial charge on any atom is 0.147 e. The standard InChI is InChI=1S/C13H15Br2N3O/c1-19-13-10(14)6-9(7-11(13)15)8-16-3-2-12-17-4-5-18-12/h4-7,16H,2-3,8H2,1H3,(H,17,18). The number of benzene rings is 1. The van der Waals surface area contributed by atoms with Crippen LogP contribution >= 0.6 is 31.9 Å². The molecule has 102 valence electrons. The molecule has 0 fully saturated rings. The smallest absolute Gasteiger partial charge is 0.147 e. The lowest BCUT2D eigenvalue weighted by atomic mass is 10.2. The van der Waals surface area contributed by atoms with Gasteiger partial charge in [0.2, 0.25) is 0 Å². The number of hydrogen-bond acceptors (Lipinski definition) is 3. The van der Waals surface area contributed by atoms with Crippen molar-refractivity contribution in [3.63, 3.8) is 0 Å². The van der Waals surface area contributed by atoms with Gasteiger partial charge in [-0.15, -0.1) is 0 Å². The minimum Gasteiger partial charge on any atom is -0.494 e. The quantitative estimate of drug-likeness (QED) is 0.746. The van der Waals surface area contributed by atoms with Gasteiger partial charge in [-0.1, -0.05) is 0 Å². The van der Waals surface area contributed by atoms with Crippen LogP contribution in [0.2, 0.25) is 0 Å². The third-order valence-corrected chi connectivity index (χ3v) is 3.86. The molecular formula is C13H15Br2N3O. The predicted molar refractivity (Wildman–Crippen MR) is 82.4 cm³/mol. The third kappa shape index (κ3) is 4.06. The van der Waals surface area contributed by atoms with Crippen LogP contribution in [0.1, 0.15) is 11.4 Å². The summed E-state index contributed by atoms with van der Waals surface area (Å²) < 4.78 is 7.18. The second-order valence-electron chi connectivity index (χ2n) is 4.06. The highest BCUT2D eigenvalue weighted by Crippen LogP contribution is 2.34. The second-order valence-corrected chi connectivity index (χ2v) is 5.76. The molecule has 2 N–H and O–H groups in total. The van der Waals surface area contributed by atoms with E-state index in [2.05, 4.69) is 59.3 Å². The van der Waals surface area contributed by atoms with Crippen molar-refractivity contribution in [2.75, 3.05) is 13.7 Å². The summed E-state index contributed by atoms with van der Waals surface area (Å²) in [5.74, 6) is 1.82. The SMILES string of the molecule is COc1c(Br)cc(CNCCc2ncc[nH]2)cc1Br. The second kappa shape index (κ2) is 7.07. The van der Waals surface area contributed by atoms with Gasteiger partial charge >= 0.3 is 0 Å². The number of hydrogen-bond donors (Lipinski definition) is 2. The van der Waals surface area contributed by atoms with E-state index in [1.54, 1.807) is 13.3 Å². The molecule has 6 heteroatoms. The number of ether oxygens (including phenoxy) is 1. The summed E-state index contributed by atoms with van der Waals surface area (Å²) in [7, 11) is 1.66. The van der Waals surface area contributed by atoms with Crippen LogP contribution < -0.4 is 10.1 Å². The Morgan fingerprint density at radius 2 is 2.05 bits per heavy atom. The van der Waals surface area contributed by atoms with Gasteiger partial charge in [-0.25, -0.2) is 4.98 Å². The van der Waals surface area contributed by atoms with Crippen LogP contribution in [0.25, 0.3) is 0 Å². The molecular weight excluding hydrogens is 374 g/mol. The first kappa shape index (κ1) is 14.6. The molecule has 0 saturated heterocycles. The number of nitrogens with one attached hydrogen (secondary N) is 2. The largest absolute Gasteiger partial charge is 0.494 e. The molecule has 0 radical (unpaired) electrons. The van der Waals surface area contributed by atoms with Crippen LogP contribution in [0.5, 0.6) is 5.75 Å². The van der Waals surface area contributed by atoms with Gasteiger partial charge in [-0.05, 0) is 49.6 Å². The average molecular weight is 389 g/mol. The maximum absolute atomic E-state index is 5.28. The van der Waals surface area contributed by atoms with Crippen LogP contribution in [-0.4, -0.2) is 23.6 Å². The topological polar surface area (TPSA) is 49.9 Å². The lowest BCUT2D eigenvalue weighted by Crippen LogP contribution is -2.17. The molecule has 2 rings (SSSR count). The van der Waals surface area contributed by atoms with E-state index in [1.807, 2.05) is 6.20 Å². The highest BCUT2D eigenvalue weighted by atomic mass is 79.9. The Hall–Kier alpha value is -0.850. The highest BCUT2D eigenvalue weighted by Gasteiger charge is 2.07. The van der Waals surface area contributed by atoms with Crippen LogP contribution in [0.3, 0.4) is 0 Å². The van der Waals surface area contributed by atoms with Gasteiger partial charge in [0.25, 0.3) is 0 Å². The average Bonchev–Trinajstić information content (AvgIpc) is 2.87. The van der Waals surface area contributed by atoms with Crippen molar-refractivity contribution < 1.29 is 4.74 Å². The molecule has 0 amide bonds. The summed E-state index contributed by atoms with van der Waals surface area (Å²) in [6.07, 6.45) is 4.51. The minimum absolute atomic E-state index is 0.807. The lowest BCUT2D eigenvalue weighted by molar-refractivity contribution is 0.409. The van der Waals surface area contributed by atoms with Crippen LogP contribution in [-0.2, 0) is 13.0 Å². The third-order valence-electron chi connectivity index (χ3n) is 2.68. The number of aromatic nitrogens is 2. The fourth-order valence-electron chi connectivity index (χ4n) is 1.78. The van der Waals surface area contributed by atoms with E-state index in [-0.39, 0.29) is 0 Å². The van der Waals surface area contributed by atoms with Gasteiger partial charge < -0.3 is 15.0 Å². The maximum atomic E-state index is 5.28. The summed E-state index contributed by atoms with van der Waals surface area (Å²) in [4.78, 5) is 7.27. The molecule has 0 bridgehead atoms. The summed E-state index contributed by atoms with van der Waals surface area (Å²) in [6.45, 7) is 1.69. The molecule has 1 aromatic carbocycles. The molecule has 0 aliphatic rings. The number of rotatable bonds is 6. The first-order valence-corrected chi connectivity index (χ1v) is 7.50. The monoisotopic (exact) mass is 387 g/mol. The summed E-state index contributed by atoms with van der Waals surface area (Å²) in [6, 6.07) is 4.12. The Labute approximate surface area is 129 Å². The molecule has 1 heterocycles. The lowest BCUT2D eigenvalue weighted by Gasteiger charge is -2.10. The van der Waals surface area contributed by atoms with E-state index < -0.39 is 0 Å². The fraction of sp³-hybridized carbons (Fsp3) is 0.308. The molecule has 19 heavy (non-hydrogen) atoms. The normalized spacial score (nSPS) is 10.7. The van der Waals surface area contributed by atoms with E-state index in [4.69, 9.17) is 4.74 Å². The van der Waals surface area contributed by atoms with Gasteiger partial charge in [0.1, 0.15) is 11.6 Å². The van der Waals surface area contributed by atoms with Crippen LogP contribution in [0, 0.1) is 0 Å². The Bertz CT molecular complexity index is 506. The Balaban J connectivity index is 1.86. The number of H-pyrrole nitrogens is 1. The van der Waals surface area contributed by atoms with Crippen molar-refractivity contribution in [2.24, 2.45) is 0 Å². The van der Waals surface area contributed by atoms with Crippen molar-refractivity contribution in [2.45, 2.75) is 13.0 Å². The summed E-state index contributed by atoms with van der Waals surface area (Å²) >= 11 is 7.00. The molecule has 0 aliphatic carbocycles. The molecule has 0 spiro atoms. The van der Waals surface area contributed by atoms with Gasteiger partial charge in [-0.3, -0.25) is 0 Å². The fourth-order valence-corrected chi connectivity index (χ4v) is 3.39. The number of methoxy groups -OCH3 is 1. The minimum atomic E-state index is 0.807. The van der Waals surface area contributed by atoms with E-state index >= 15 is 0 Å². The van der Waals surface area contributed by atoms with Crippen LogP contribution in [0.15, 0.2) is 33.5 Å². The zero-order chi connectivity index (χ0) is 13.7. The zero-order valence-corrected chi connectivity index (χ0v) is 13.7. The molecule has 0 unspecified atom stereocenters. The van der Waals surface area contributed by atoms with Crippen molar-refractivity contribution in [1.82, 2.24) is 15.3 Å². The number of nitrogens with zero attached hydrogens (tertiary/aromatic N) is 1. The number of halogens is 2. The molecule has 1 aromatic heterocycles. The predicted octanol–water partition coefficient (Wildman–Crippen LogP) is 3.28. The number of imidazole rings is 1. The van der Waals surface area contributed by atoms with Gasteiger partial charge in [0.15, 0.2) is 0 Å². The summed E-state index contributed by atoms with van der Waals surface area (Å²) in [5, 5.41) is 3.39. The van der Waals surface area contributed by atoms with Crippen molar-refractivity contribution in [3.05, 3.63) is 44.9 Å². The van der Waals surface area contributed by atoms with Crippen molar-refractivity contribution >= 4 is 31.9 Å². The molecule has 0 atom stereocenters. The first-order chi connectivity index (χ1) is 9.20. The van der Waals surface area contributed by atoms with E-state index in [0.717, 1.165) is 40.0 Å². The Morgan fingerprint density at radius 3 is 2.63 bits per heavy atom. The number of aromatic amines is 1. The molecule has 2 aromatic rings. The van der Waals surface area contributed by atoms with Crippen molar-refractivity contribution in [1.29, 1.82) is 0 Å². The molecule has 4 nitrogen and oxygen atoms in total. The van der Waals surface area contributed by atoms with E-state index in [0.29, 0.717) is 0 Å². The molecule has 0 aliphatic heterocycles. The zero-order valence-electron chi connectivity index (χ0n) is 10.5. The molecule has 0 saturated carbocycles. The van der Waals surface area contributed by atoms with Crippen molar-refractivity contribution in [3.8, 4) is 5.75 Å². The van der Waals surface area contributed by atoms with E-state index in [1.165, 1.54) is 5.56 Å². The van der Waals surface area contributed by atoms with Crippen LogP contribution in [0.4, 0.5) is 0 Å². The van der Waals surface area contributed by atoms with Gasteiger partial charge in [0.05, 0.1) is 16.1 Å². The Morgan fingerprint density at radius 1 is 1.32 bits per heavy atom. The van der Waals surface area contributed by atoms with Gasteiger partial charge in [0, 0.05) is 31.9 Å². The first-order valence-electron chi connectivity index (χ1n) is 5.91. The Kier molecular flexibility index (Phi) is 5.42.